The number of aromatic nitrogens is 2. The van der Waals surface area contributed by atoms with Gasteiger partial charge in [0.25, 0.3) is 0 Å². The first kappa shape index (κ1) is 13.4. The number of nitrogens with zero attached hydrogens (tertiary/aromatic N) is 1. The summed E-state index contributed by atoms with van der Waals surface area (Å²) in [5.74, 6) is 0.769. The maximum atomic E-state index is 7.45. The van der Waals surface area contributed by atoms with Gasteiger partial charge in [0.2, 0.25) is 0 Å². The lowest BCUT2D eigenvalue weighted by Crippen LogP contribution is -2.10. The summed E-state index contributed by atoms with van der Waals surface area (Å²) in [5, 5.41) is 8.15. The molecule has 0 aliphatic rings. The maximum Gasteiger partial charge on any atom is 0.131 e. The van der Waals surface area contributed by atoms with Gasteiger partial charge in [0.15, 0.2) is 0 Å². The number of aromatic amines is 1. The van der Waals surface area contributed by atoms with Crippen LogP contribution in [0.25, 0.3) is 23.2 Å². The molecule has 0 unspecified atom stereocenters. The molecule has 0 atom stereocenters. The van der Waals surface area contributed by atoms with Crippen molar-refractivity contribution < 1.29 is 0 Å². The molecular formula is C16H13ClN4. The molecule has 0 saturated heterocycles. The van der Waals surface area contributed by atoms with Crippen molar-refractivity contribution in [1.29, 1.82) is 5.41 Å². The van der Waals surface area contributed by atoms with E-state index in [2.05, 4.69) is 9.97 Å². The first-order valence-electron chi connectivity index (χ1n) is 6.40. The van der Waals surface area contributed by atoms with Crippen LogP contribution in [0.3, 0.4) is 0 Å². The third-order valence-corrected chi connectivity index (χ3v) is 3.48. The van der Waals surface area contributed by atoms with Crippen molar-refractivity contribution in [1.82, 2.24) is 9.97 Å². The molecule has 104 valence electrons. The normalized spacial score (nSPS) is 11.3. The van der Waals surface area contributed by atoms with Gasteiger partial charge in [-0.05, 0) is 42.0 Å². The first-order chi connectivity index (χ1) is 10.1. The van der Waals surface area contributed by atoms with E-state index < -0.39 is 0 Å². The molecular weight excluding hydrogens is 284 g/mol. The van der Waals surface area contributed by atoms with Gasteiger partial charge < -0.3 is 10.7 Å². The Bertz CT molecular complexity index is 848. The van der Waals surface area contributed by atoms with E-state index in [0.717, 1.165) is 22.4 Å². The zero-order valence-corrected chi connectivity index (χ0v) is 11.9. The number of benzene rings is 2. The van der Waals surface area contributed by atoms with Gasteiger partial charge >= 0.3 is 0 Å². The standard InChI is InChI=1S/C16H13ClN4/c17-12-4-2-1-3-10(12)6-8-15-20-13-7-5-11(16(18)19)9-14(13)21-15/h1-9H,(H3,18,19)(H,20,21)/b8-6+. The SMILES string of the molecule is N=C(N)c1ccc2nc(/C=C/c3ccccc3Cl)[nH]c2c1. The second-order valence-corrected chi connectivity index (χ2v) is 5.03. The van der Waals surface area contributed by atoms with E-state index in [-0.39, 0.29) is 5.84 Å². The summed E-state index contributed by atoms with van der Waals surface area (Å²) in [6, 6.07) is 13.1. The number of amidine groups is 1. The molecule has 21 heavy (non-hydrogen) atoms. The molecule has 5 heteroatoms. The summed E-state index contributed by atoms with van der Waals surface area (Å²) >= 11 is 6.11. The third-order valence-electron chi connectivity index (χ3n) is 3.14. The van der Waals surface area contributed by atoms with Crippen molar-refractivity contribution in [2.75, 3.05) is 0 Å². The zero-order chi connectivity index (χ0) is 14.8. The van der Waals surface area contributed by atoms with Crippen LogP contribution in [0.5, 0.6) is 0 Å². The molecule has 3 rings (SSSR count). The number of hydrogen-bond donors (Lipinski definition) is 3. The van der Waals surface area contributed by atoms with Crippen LogP contribution in [0.1, 0.15) is 17.0 Å². The molecule has 0 bridgehead atoms. The lowest BCUT2D eigenvalue weighted by atomic mass is 10.2. The number of fused-ring (bicyclic) bond motifs is 1. The molecule has 1 heterocycles. The van der Waals surface area contributed by atoms with Gasteiger partial charge in [0.05, 0.1) is 11.0 Å². The van der Waals surface area contributed by atoms with Crippen molar-refractivity contribution in [2.45, 2.75) is 0 Å². The number of H-pyrrole nitrogens is 1. The van der Waals surface area contributed by atoms with Gasteiger partial charge in [-0.3, -0.25) is 5.41 Å². The van der Waals surface area contributed by atoms with Crippen LogP contribution in [0.15, 0.2) is 42.5 Å². The first-order valence-corrected chi connectivity index (χ1v) is 6.78. The van der Waals surface area contributed by atoms with Gasteiger partial charge in [0, 0.05) is 10.6 Å². The van der Waals surface area contributed by atoms with Gasteiger partial charge in [-0.15, -0.1) is 0 Å². The van der Waals surface area contributed by atoms with Gasteiger partial charge in [-0.25, -0.2) is 4.98 Å². The fraction of sp³-hybridized carbons (Fsp3) is 0. The molecule has 0 fully saturated rings. The van der Waals surface area contributed by atoms with E-state index in [1.54, 1.807) is 6.07 Å². The Morgan fingerprint density at radius 2 is 2.00 bits per heavy atom. The molecule has 3 aromatic rings. The fourth-order valence-electron chi connectivity index (χ4n) is 2.05. The molecule has 0 radical (unpaired) electrons. The highest BCUT2D eigenvalue weighted by Crippen LogP contribution is 2.19. The summed E-state index contributed by atoms with van der Waals surface area (Å²) in [5.41, 5.74) is 8.77. The van der Waals surface area contributed by atoms with Crippen molar-refractivity contribution in [3.63, 3.8) is 0 Å². The Kier molecular flexibility index (Phi) is 3.46. The highest BCUT2D eigenvalue weighted by atomic mass is 35.5. The van der Waals surface area contributed by atoms with Crippen LogP contribution < -0.4 is 5.73 Å². The van der Waals surface area contributed by atoms with Crippen LogP contribution in [0.4, 0.5) is 0 Å². The van der Waals surface area contributed by atoms with E-state index in [4.69, 9.17) is 22.7 Å². The van der Waals surface area contributed by atoms with Crippen LogP contribution in [0.2, 0.25) is 5.02 Å². The quantitative estimate of drug-likeness (QED) is 0.509. The monoisotopic (exact) mass is 296 g/mol. The molecule has 0 spiro atoms. The van der Waals surface area contributed by atoms with Crippen LogP contribution in [-0.4, -0.2) is 15.8 Å². The van der Waals surface area contributed by atoms with E-state index in [9.17, 15) is 0 Å². The topological polar surface area (TPSA) is 78.6 Å². The summed E-state index contributed by atoms with van der Waals surface area (Å²) in [7, 11) is 0. The molecule has 0 saturated carbocycles. The van der Waals surface area contributed by atoms with Crippen LogP contribution >= 0.6 is 11.6 Å². The van der Waals surface area contributed by atoms with E-state index in [0.29, 0.717) is 10.6 Å². The van der Waals surface area contributed by atoms with Crippen molar-refractivity contribution in [2.24, 2.45) is 5.73 Å². The third kappa shape index (κ3) is 2.80. The average molecular weight is 297 g/mol. The van der Waals surface area contributed by atoms with Crippen molar-refractivity contribution in [3.05, 3.63) is 64.4 Å². The molecule has 1 aromatic heterocycles. The Labute approximate surface area is 126 Å². The minimum absolute atomic E-state index is 0.0414. The minimum Gasteiger partial charge on any atom is -0.384 e. The second kappa shape index (κ2) is 5.42. The number of halogens is 1. The number of hydrogen-bond acceptors (Lipinski definition) is 2. The number of nitrogens with one attached hydrogen (secondary N) is 2. The van der Waals surface area contributed by atoms with Gasteiger partial charge in [0.1, 0.15) is 11.7 Å². The number of nitrogen functional groups attached to an aromatic ring is 1. The predicted molar refractivity (Wildman–Crippen MR) is 87.5 cm³/mol. The van der Waals surface area contributed by atoms with E-state index >= 15 is 0 Å². The summed E-state index contributed by atoms with van der Waals surface area (Å²) in [6.45, 7) is 0. The maximum absolute atomic E-state index is 7.45. The smallest absolute Gasteiger partial charge is 0.131 e. The molecule has 0 aliphatic carbocycles. The highest BCUT2D eigenvalue weighted by molar-refractivity contribution is 6.32. The number of rotatable bonds is 3. The summed E-state index contributed by atoms with van der Waals surface area (Å²) < 4.78 is 0. The second-order valence-electron chi connectivity index (χ2n) is 4.62. The largest absolute Gasteiger partial charge is 0.384 e. The molecule has 4 N–H and O–H groups in total. The van der Waals surface area contributed by atoms with Gasteiger partial charge in [-0.2, -0.15) is 0 Å². The Morgan fingerprint density at radius 1 is 1.19 bits per heavy atom. The summed E-state index contributed by atoms with van der Waals surface area (Å²) in [6.07, 6.45) is 3.78. The summed E-state index contributed by atoms with van der Waals surface area (Å²) in [4.78, 5) is 7.65. The fourth-order valence-corrected chi connectivity index (χ4v) is 2.25. The van der Waals surface area contributed by atoms with E-state index in [1.807, 2.05) is 48.6 Å². The number of imidazole rings is 1. The average Bonchev–Trinajstić information content (AvgIpc) is 2.88. The molecule has 2 aromatic carbocycles. The molecule has 4 nitrogen and oxygen atoms in total. The Morgan fingerprint density at radius 3 is 2.76 bits per heavy atom. The van der Waals surface area contributed by atoms with Gasteiger partial charge in [-0.1, -0.05) is 29.8 Å². The Balaban J connectivity index is 1.95. The zero-order valence-electron chi connectivity index (χ0n) is 11.1. The molecule has 0 amide bonds. The predicted octanol–water partition coefficient (Wildman–Crippen LogP) is 3.67. The van der Waals surface area contributed by atoms with E-state index in [1.165, 1.54) is 0 Å². The molecule has 0 aliphatic heterocycles. The highest BCUT2D eigenvalue weighted by Gasteiger charge is 2.03. The van der Waals surface area contributed by atoms with Crippen LogP contribution in [-0.2, 0) is 0 Å². The lowest BCUT2D eigenvalue weighted by molar-refractivity contribution is 1.29. The van der Waals surface area contributed by atoms with Crippen molar-refractivity contribution >= 4 is 40.6 Å². The number of nitrogens with two attached hydrogens (primary N) is 1. The Hall–Kier alpha value is -2.59. The van der Waals surface area contributed by atoms with Crippen molar-refractivity contribution in [3.8, 4) is 0 Å². The lowest BCUT2D eigenvalue weighted by Gasteiger charge is -1.96. The van der Waals surface area contributed by atoms with Crippen LogP contribution in [0, 0.1) is 5.41 Å². The minimum atomic E-state index is 0.0414.